The lowest BCUT2D eigenvalue weighted by Crippen LogP contribution is -2.36. The monoisotopic (exact) mass is 218 g/mol. The standard InChI is InChI=1S/C6H11N4OPS/c7-9-12(11,13)10(8)6-4-2-1-3-5-6/h1-5H,7-8H2,(H2,9,11,13). The van der Waals surface area contributed by atoms with Crippen LogP contribution in [0.25, 0.3) is 0 Å². The molecule has 0 radical (unpaired) electrons. The normalized spacial score (nSPS) is 15.0. The highest BCUT2D eigenvalue weighted by molar-refractivity contribution is 8.11. The average molecular weight is 218 g/mol. The second-order valence-electron chi connectivity index (χ2n) is 2.35. The molecule has 0 aliphatic rings. The van der Waals surface area contributed by atoms with Gasteiger partial charge in [-0.05, 0) is 23.9 Å². The number of hydrogen-bond acceptors (Lipinski definition) is 3. The number of nitrogens with one attached hydrogen (secondary N) is 1. The Labute approximate surface area is 81.5 Å². The van der Waals surface area contributed by atoms with Crippen molar-refractivity contribution in [3.05, 3.63) is 30.3 Å². The van der Waals surface area contributed by atoms with Gasteiger partial charge < -0.3 is 4.89 Å². The maximum absolute atomic E-state index is 9.54. The van der Waals surface area contributed by atoms with Gasteiger partial charge in [0.1, 0.15) is 0 Å². The second-order valence-corrected chi connectivity index (χ2v) is 5.66. The van der Waals surface area contributed by atoms with Crippen LogP contribution in [0.3, 0.4) is 0 Å². The largest absolute Gasteiger partial charge is 0.337 e. The predicted octanol–water partition coefficient (Wildman–Crippen LogP) is 0.0468. The van der Waals surface area contributed by atoms with E-state index in [1.165, 1.54) is 0 Å². The van der Waals surface area contributed by atoms with Gasteiger partial charge in [0.2, 0.25) is 0 Å². The maximum atomic E-state index is 9.54. The summed E-state index contributed by atoms with van der Waals surface area (Å²) in [5, 5.41) is 2.12. The first kappa shape index (κ1) is 10.6. The molecule has 7 heteroatoms. The van der Waals surface area contributed by atoms with Crippen LogP contribution in [0.1, 0.15) is 0 Å². The Bertz CT molecular complexity index is 320. The third kappa shape index (κ3) is 2.47. The van der Waals surface area contributed by atoms with Crippen LogP contribution < -0.4 is 21.7 Å². The quantitative estimate of drug-likeness (QED) is 0.326. The van der Waals surface area contributed by atoms with Crippen LogP contribution in [0.2, 0.25) is 0 Å². The zero-order chi connectivity index (χ0) is 9.90. The second kappa shape index (κ2) is 4.15. The van der Waals surface area contributed by atoms with Crippen LogP contribution in [0.4, 0.5) is 5.69 Å². The van der Waals surface area contributed by atoms with Crippen LogP contribution in [-0.4, -0.2) is 4.89 Å². The van der Waals surface area contributed by atoms with E-state index in [1.54, 1.807) is 24.3 Å². The van der Waals surface area contributed by atoms with E-state index < -0.39 is 6.57 Å². The Morgan fingerprint density at radius 3 is 2.38 bits per heavy atom. The zero-order valence-corrected chi connectivity index (χ0v) is 8.50. The molecule has 5 nitrogen and oxygen atoms in total. The fourth-order valence-electron chi connectivity index (χ4n) is 0.799. The summed E-state index contributed by atoms with van der Waals surface area (Å²) in [5.41, 5.74) is 0.617. The first-order valence-corrected chi connectivity index (χ1v) is 6.20. The van der Waals surface area contributed by atoms with Crippen LogP contribution in [0.5, 0.6) is 0 Å². The summed E-state index contributed by atoms with van der Waals surface area (Å²) in [7, 11) is 0. The number of nitrogens with zero attached hydrogens (tertiary/aromatic N) is 1. The molecule has 1 aromatic carbocycles. The Hall–Kier alpha value is -0.490. The SMILES string of the molecule is NNP(O)(=S)N(N)c1ccccc1. The van der Waals surface area contributed by atoms with E-state index in [2.05, 4.69) is 5.20 Å². The molecule has 0 heterocycles. The molecule has 6 N–H and O–H groups in total. The van der Waals surface area contributed by atoms with Gasteiger partial charge in [-0.15, -0.1) is 0 Å². The third-order valence-electron chi connectivity index (χ3n) is 1.48. The smallest absolute Gasteiger partial charge is 0.250 e. The molecule has 0 aliphatic carbocycles. The molecule has 1 atom stereocenters. The Morgan fingerprint density at radius 2 is 1.92 bits per heavy atom. The molecule has 1 unspecified atom stereocenters. The van der Waals surface area contributed by atoms with Crippen molar-refractivity contribution >= 4 is 24.1 Å². The van der Waals surface area contributed by atoms with Gasteiger partial charge >= 0.3 is 0 Å². The lowest BCUT2D eigenvalue weighted by atomic mass is 10.3. The van der Waals surface area contributed by atoms with Crippen molar-refractivity contribution < 1.29 is 4.89 Å². The summed E-state index contributed by atoms with van der Waals surface area (Å²) in [6.45, 7) is -3.01. The fraction of sp³-hybridized carbons (Fsp3) is 0. The van der Waals surface area contributed by atoms with Crippen LogP contribution in [0.15, 0.2) is 30.3 Å². The van der Waals surface area contributed by atoms with E-state index in [4.69, 9.17) is 23.5 Å². The van der Waals surface area contributed by atoms with Gasteiger partial charge in [-0.25, -0.2) is 10.6 Å². The maximum Gasteiger partial charge on any atom is 0.250 e. The zero-order valence-electron chi connectivity index (χ0n) is 6.79. The number of rotatable bonds is 3. The minimum Gasteiger partial charge on any atom is -0.337 e. The van der Waals surface area contributed by atoms with Crippen molar-refractivity contribution in [1.29, 1.82) is 0 Å². The molecule has 0 saturated heterocycles. The van der Waals surface area contributed by atoms with E-state index in [-0.39, 0.29) is 0 Å². The van der Waals surface area contributed by atoms with Crippen molar-refractivity contribution in [3.8, 4) is 0 Å². The fourth-order valence-corrected chi connectivity index (χ4v) is 1.65. The Morgan fingerprint density at radius 1 is 1.38 bits per heavy atom. The lowest BCUT2D eigenvalue weighted by Gasteiger charge is -2.26. The van der Waals surface area contributed by atoms with E-state index in [0.717, 1.165) is 4.78 Å². The van der Waals surface area contributed by atoms with Crippen molar-refractivity contribution in [2.24, 2.45) is 11.7 Å². The predicted molar refractivity (Wildman–Crippen MR) is 56.9 cm³/mol. The van der Waals surface area contributed by atoms with Crippen LogP contribution in [0, 0.1) is 0 Å². The summed E-state index contributed by atoms with van der Waals surface area (Å²) in [6.07, 6.45) is 0. The van der Waals surface area contributed by atoms with Crippen molar-refractivity contribution in [2.45, 2.75) is 0 Å². The van der Waals surface area contributed by atoms with Gasteiger partial charge in [-0.3, -0.25) is 5.84 Å². The van der Waals surface area contributed by atoms with Gasteiger partial charge in [0.25, 0.3) is 6.57 Å². The molecule has 0 saturated carbocycles. The van der Waals surface area contributed by atoms with E-state index in [9.17, 15) is 4.89 Å². The molecule has 1 rings (SSSR count). The molecule has 0 fully saturated rings. The summed E-state index contributed by atoms with van der Waals surface area (Å²) in [5.74, 6) is 10.6. The van der Waals surface area contributed by atoms with Gasteiger partial charge in [0.15, 0.2) is 0 Å². The summed E-state index contributed by atoms with van der Waals surface area (Å²) < 4.78 is 1.07. The number of anilines is 1. The van der Waals surface area contributed by atoms with Crippen molar-refractivity contribution in [2.75, 3.05) is 4.78 Å². The molecule has 13 heavy (non-hydrogen) atoms. The minimum atomic E-state index is -3.01. The van der Waals surface area contributed by atoms with E-state index in [1.807, 2.05) is 6.07 Å². The van der Waals surface area contributed by atoms with Gasteiger partial charge in [-0.1, -0.05) is 18.2 Å². The molecule has 1 aromatic rings. The summed E-state index contributed by atoms with van der Waals surface area (Å²) >= 11 is 4.78. The number of hydrazine groups is 2. The highest BCUT2D eigenvalue weighted by atomic mass is 32.4. The van der Waals surface area contributed by atoms with Crippen molar-refractivity contribution in [3.63, 3.8) is 0 Å². The van der Waals surface area contributed by atoms with E-state index in [0.29, 0.717) is 5.69 Å². The molecule has 0 amide bonds. The molecular formula is C6H11N4OPS. The van der Waals surface area contributed by atoms with Gasteiger partial charge in [0.05, 0.1) is 5.69 Å². The minimum absolute atomic E-state index is 0.617. The highest BCUT2D eigenvalue weighted by Gasteiger charge is 2.18. The molecule has 72 valence electrons. The van der Waals surface area contributed by atoms with Crippen LogP contribution >= 0.6 is 6.57 Å². The average Bonchev–Trinajstić information content (AvgIpc) is 2.18. The van der Waals surface area contributed by atoms with E-state index >= 15 is 0 Å². The third-order valence-corrected chi connectivity index (χ3v) is 3.48. The van der Waals surface area contributed by atoms with Crippen molar-refractivity contribution in [1.82, 2.24) is 5.20 Å². The van der Waals surface area contributed by atoms with Gasteiger partial charge in [0, 0.05) is 0 Å². The number of hydrogen-bond donors (Lipinski definition) is 4. The first-order valence-electron chi connectivity index (χ1n) is 3.49. The number of nitrogens with two attached hydrogens (primary N) is 2. The lowest BCUT2D eigenvalue weighted by molar-refractivity contribution is 0.599. The summed E-state index contributed by atoms with van der Waals surface area (Å²) in [4.78, 5) is 9.54. The number of para-hydroxylation sites is 1. The van der Waals surface area contributed by atoms with Gasteiger partial charge in [-0.2, -0.15) is 5.20 Å². The molecule has 0 spiro atoms. The molecule has 0 aliphatic heterocycles. The van der Waals surface area contributed by atoms with Crippen LogP contribution in [-0.2, 0) is 11.8 Å². The Balaban J connectivity index is 2.92. The topological polar surface area (TPSA) is 87.5 Å². The molecule has 0 bridgehead atoms. The Kier molecular flexibility index (Phi) is 3.38. The highest BCUT2D eigenvalue weighted by Crippen LogP contribution is 2.39. The number of benzene rings is 1. The molecular weight excluding hydrogens is 207 g/mol. The summed E-state index contributed by atoms with van der Waals surface area (Å²) in [6, 6.07) is 8.89. The first-order chi connectivity index (χ1) is 6.08. The molecule has 0 aromatic heterocycles.